The minimum atomic E-state index is -1.04. The summed E-state index contributed by atoms with van der Waals surface area (Å²) in [5, 5.41) is 9.59. The monoisotopic (exact) mass is 365 g/mol. The number of thiophene rings is 1. The van der Waals surface area contributed by atoms with E-state index in [4.69, 9.17) is 5.11 Å². The maximum atomic E-state index is 12.4. The van der Waals surface area contributed by atoms with Crippen LogP contribution in [0.15, 0.2) is 4.79 Å². The quantitative estimate of drug-likeness (QED) is 0.783. The number of carbonyl (C=O) groups excluding carboxylic acids is 1. The third-order valence-electron chi connectivity index (χ3n) is 4.41. The molecule has 0 radical (unpaired) electrons. The molecule has 1 amide bonds. The number of rotatable bonds is 7. The number of aromatic amines is 1. The van der Waals surface area contributed by atoms with Crippen molar-refractivity contribution in [2.45, 2.75) is 53.0 Å². The lowest BCUT2D eigenvalue weighted by Gasteiger charge is -2.26. The molecule has 8 heteroatoms. The fourth-order valence-electron chi connectivity index (χ4n) is 2.64. The number of carbonyl (C=O) groups is 2. The molecule has 1 unspecified atom stereocenters. The summed E-state index contributed by atoms with van der Waals surface area (Å²) < 4.78 is 0. The molecule has 2 aromatic heterocycles. The highest BCUT2D eigenvalue weighted by Gasteiger charge is 2.21. The summed E-state index contributed by atoms with van der Waals surface area (Å²) in [5.41, 5.74) is 0.736. The van der Waals surface area contributed by atoms with E-state index >= 15 is 0 Å². The molecule has 0 aliphatic carbocycles. The Labute approximate surface area is 149 Å². The van der Waals surface area contributed by atoms with Crippen LogP contribution in [0.2, 0.25) is 0 Å². The van der Waals surface area contributed by atoms with E-state index in [0.717, 1.165) is 10.4 Å². The predicted molar refractivity (Wildman–Crippen MR) is 97.1 cm³/mol. The van der Waals surface area contributed by atoms with Crippen LogP contribution in [0.3, 0.4) is 0 Å². The van der Waals surface area contributed by atoms with Crippen LogP contribution in [0.4, 0.5) is 0 Å². The van der Waals surface area contributed by atoms with E-state index in [9.17, 15) is 14.4 Å². The minimum absolute atomic E-state index is 0.107. The summed E-state index contributed by atoms with van der Waals surface area (Å²) in [7, 11) is 0. The molecule has 2 heterocycles. The van der Waals surface area contributed by atoms with Crippen molar-refractivity contribution < 1.29 is 14.7 Å². The number of hydrogen-bond donors (Lipinski definition) is 2. The fourth-order valence-corrected chi connectivity index (χ4v) is 3.69. The zero-order valence-corrected chi connectivity index (χ0v) is 15.7. The molecule has 0 aliphatic rings. The highest BCUT2D eigenvalue weighted by atomic mass is 32.1. The molecule has 0 fully saturated rings. The van der Waals surface area contributed by atoms with Crippen LogP contribution in [0.5, 0.6) is 0 Å². The van der Waals surface area contributed by atoms with Crippen LogP contribution < -0.4 is 5.56 Å². The lowest BCUT2D eigenvalue weighted by molar-refractivity contribution is -0.146. The number of H-pyrrole nitrogens is 1. The lowest BCUT2D eigenvalue weighted by atomic mass is 10.1. The summed E-state index contributed by atoms with van der Waals surface area (Å²) in [4.78, 5) is 45.9. The Morgan fingerprint density at radius 1 is 1.36 bits per heavy atom. The van der Waals surface area contributed by atoms with Crippen molar-refractivity contribution in [3.05, 3.63) is 26.6 Å². The Morgan fingerprint density at radius 3 is 2.64 bits per heavy atom. The van der Waals surface area contributed by atoms with Gasteiger partial charge < -0.3 is 15.0 Å². The third kappa shape index (κ3) is 4.25. The Hall–Kier alpha value is -2.22. The van der Waals surface area contributed by atoms with E-state index in [-0.39, 0.29) is 36.9 Å². The maximum Gasteiger partial charge on any atom is 0.323 e. The summed E-state index contributed by atoms with van der Waals surface area (Å²) in [6.07, 6.45) is 1.05. The number of hydrogen-bond acceptors (Lipinski definition) is 5. The molecule has 136 valence electrons. The highest BCUT2D eigenvalue weighted by molar-refractivity contribution is 7.18. The summed E-state index contributed by atoms with van der Waals surface area (Å²) >= 11 is 1.46. The summed E-state index contributed by atoms with van der Waals surface area (Å²) in [6.45, 7) is 7.25. The van der Waals surface area contributed by atoms with Crippen LogP contribution in [-0.4, -0.2) is 44.4 Å². The molecule has 0 bridgehead atoms. The number of amides is 1. The number of carboxylic acids is 1. The maximum absolute atomic E-state index is 12.4. The summed E-state index contributed by atoms with van der Waals surface area (Å²) in [6, 6.07) is -0.152. The van der Waals surface area contributed by atoms with Gasteiger partial charge in [-0.05, 0) is 32.8 Å². The molecule has 7 nitrogen and oxygen atoms in total. The zero-order valence-electron chi connectivity index (χ0n) is 14.9. The molecule has 25 heavy (non-hydrogen) atoms. The van der Waals surface area contributed by atoms with E-state index in [0.29, 0.717) is 22.5 Å². The van der Waals surface area contributed by atoms with E-state index in [1.54, 1.807) is 0 Å². The molecule has 2 rings (SSSR count). The van der Waals surface area contributed by atoms with E-state index in [1.807, 2.05) is 27.7 Å². The largest absolute Gasteiger partial charge is 0.480 e. The first-order chi connectivity index (χ1) is 11.7. The second-order valence-corrected chi connectivity index (χ2v) is 7.35. The van der Waals surface area contributed by atoms with Gasteiger partial charge in [-0.2, -0.15) is 0 Å². The number of aliphatic carboxylic acids is 1. The Bertz CT molecular complexity index is 855. The fraction of sp³-hybridized carbons (Fsp3) is 0.529. The van der Waals surface area contributed by atoms with Gasteiger partial charge in [-0.25, -0.2) is 4.98 Å². The molecular formula is C17H23N3O4S. The van der Waals surface area contributed by atoms with Gasteiger partial charge in [0.1, 0.15) is 17.2 Å². The Balaban J connectivity index is 2.17. The standard InChI is InChI=1S/C17H23N3O4S/c1-5-9(2)20(8-14(22)23)13(21)7-6-12-18-16(24)15-10(3)11(4)25-17(15)19-12/h9H,5-8H2,1-4H3,(H,22,23)(H,18,19,24). The molecule has 0 spiro atoms. The number of aromatic nitrogens is 2. The van der Waals surface area contributed by atoms with Gasteiger partial charge in [-0.3, -0.25) is 14.4 Å². The van der Waals surface area contributed by atoms with E-state index in [1.165, 1.54) is 16.2 Å². The van der Waals surface area contributed by atoms with Crippen LogP contribution in [0.25, 0.3) is 10.2 Å². The normalized spacial score (nSPS) is 12.3. The van der Waals surface area contributed by atoms with E-state index < -0.39 is 5.97 Å². The number of nitrogens with one attached hydrogen (secondary N) is 1. The van der Waals surface area contributed by atoms with Crippen LogP contribution in [0, 0.1) is 13.8 Å². The zero-order chi connectivity index (χ0) is 18.7. The topological polar surface area (TPSA) is 103 Å². The van der Waals surface area contributed by atoms with Crippen LogP contribution in [-0.2, 0) is 16.0 Å². The average molecular weight is 365 g/mol. The molecule has 0 saturated carbocycles. The molecule has 1 atom stereocenters. The van der Waals surface area contributed by atoms with Crippen LogP contribution in [0.1, 0.15) is 43.0 Å². The number of aryl methyl sites for hydroxylation is 3. The second-order valence-electron chi connectivity index (χ2n) is 6.15. The predicted octanol–water partition coefficient (Wildman–Crippen LogP) is 2.25. The average Bonchev–Trinajstić information content (AvgIpc) is 2.84. The molecule has 0 aliphatic heterocycles. The first-order valence-electron chi connectivity index (χ1n) is 8.24. The van der Waals surface area contributed by atoms with E-state index in [2.05, 4.69) is 9.97 Å². The smallest absolute Gasteiger partial charge is 0.323 e. The Morgan fingerprint density at radius 2 is 2.04 bits per heavy atom. The summed E-state index contributed by atoms with van der Waals surface area (Å²) in [5.74, 6) is -0.837. The van der Waals surface area contributed by atoms with Gasteiger partial charge in [-0.15, -0.1) is 11.3 Å². The van der Waals surface area contributed by atoms with Gasteiger partial charge in [0.25, 0.3) is 5.56 Å². The third-order valence-corrected chi connectivity index (χ3v) is 5.51. The van der Waals surface area contributed by atoms with Crippen molar-refractivity contribution in [3.8, 4) is 0 Å². The lowest BCUT2D eigenvalue weighted by Crippen LogP contribution is -2.42. The van der Waals surface area contributed by atoms with Crippen molar-refractivity contribution in [1.82, 2.24) is 14.9 Å². The van der Waals surface area contributed by atoms with Crippen molar-refractivity contribution >= 4 is 33.4 Å². The van der Waals surface area contributed by atoms with Gasteiger partial charge in [0.2, 0.25) is 5.91 Å². The molecule has 2 N–H and O–H groups in total. The molecule has 2 aromatic rings. The molecular weight excluding hydrogens is 342 g/mol. The number of nitrogens with zero attached hydrogens (tertiary/aromatic N) is 2. The first kappa shape index (κ1) is 19.1. The van der Waals surface area contributed by atoms with Crippen LogP contribution >= 0.6 is 11.3 Å². The van der Waals surface area contributed by atoms with Crippen molar-refractivity contribution in [1.29, 1.82) is 0 Å². The number of fused-ring (bicyclic) bond motifs is 1. The van der Waals surface area contributed by atoms with Gasteiger partial charge >= 0.3 is 5.97 Å². The van der Waals surface area contributed by atoms with Crippen molar-refractivity contribution in [2.24, 2.45) is 0 Å². The van der Waals surface area contributed by atoms with Gasteiger partial charge in [-0.1, -0.05) is 6.92 Å². The second kappa shape index (κ2) is 7.77. The minimum Gasteiger partial charge on any atom is -0.480 e. The first-order valence-corrected chi connectivity index (χ1v) is 9.06. The van der Waals surface area contributed by atoms with Crippen molar-refractivity contribution in [2.75, 3.05) is 6.54 Å². The highest BCUT2D eigenvalue weighted by Crippen LogP contribution is 2.25. The number of carboxylic acid groups (broad SMARTS) is 1. The molecule has 0 saturated heterocycles. The SMILES string of the molecule is CCC(C)N(CC(=O)O)C(=O)CCc1nc2sc(C)c(C)c2c(=O)[nH]1. The van der Waals surface area contributed by atoms with Gasteiger partial charge in [0, 0.05) is 23.8 Å². The van der Waals surface area contributed by atoms with Gasteiger partial charge in [0.15, 0.2) is 0 Å². The molecule has 0 aromatic carbocycles. The van der Waals surface area contributed by atoms with Crippen molar-refractivity contribution in [3.63, 3.8) is 0 Å². The van der Waals surface area contributed by atoms with Gasteiger partial charge in [0.05, 0.1) is 5.39 Å². The Kier molecular flexibility index (Phi) is 5.94.